The average Bonchev–Trinajstić information content (AvgIpc) is 2.68. The molecule has 1 aliphatic heterocycles. The standard InChI is InChI=1S/C20H15Cl3N2O2S/c1-27-18-5-3-12(7-17(18)23)13-8-19(26)25-20(14(13)9-24)28-10-11-2-4-15(21)16(22)6-11/h2-7,13H,8,10H2,1H3,(H,25,26)/t13-/m1/s1. The van der Waals surface area contributed by atoms with E-state index in [1.165, 1.54) is 18.9 Å². The van der Waals surface area contributed by atoms with E-state index in [-0.39, 0.29) is 18.2 Å². The smallest absolute Gasteiger partial charge is 0.225 e. The second kappa shape index (κ2) is 9.11. The van der Waals surface area contributed by atoms with Gasteiger partial charge in [0.15, 0.2) is 0 Å². The van der Waals surface area contributed by atoms with E-state index in [4.69, 9.17) is 39.5 Å². The zero-order valence-electron chi connectivity index (χ0n) is 14.8. The molecule has 0 aliphatic carbocycles. The number of benzene rings is 2. The Bertz CT molecular complexity index is 1000. The topological polar surface area (TPSA) is 62.1 Å². The lowest BCUT2D eigenvalue weighted by Gasteiger charge is -2.25. The van der Waals surface area contributed by atoms with Gasteiger partial charge in [-0.25, -0.2) is 0 Å². The van der Waals surface area contributed by atoms with E-state index < -0.39 is 0 Å². The predicted octanol–water partition coefficient (Wildman–Crippen LogP) is 5.93. The summed E-state index contributed by atoms with van der Waals surface area (Å²) < 4.78 is 5.18. The monoisotopic (exact) mass is 452 g/mol. The van der Waals surface area contributed by atoms with Crippen LogP contribution in [0.15, 0.2) is 47.0 Å². The first-order chi connectivity index (χ1) is 13.4. The van der Waals surface area contributed by atoms with Crippen LogP contribution in [0.2, 0.25) is 15.1 Å². The maximum absolute atomic E-state index is 12.3. The van der Waals surface area contributed by atoms with Gasteiger partial charge in [-0.2, -0.15) is 5.26 Å². The molecule has 0 saturated carbocycles. The van der Waals surface area contributed by atoms with Gasteiger partial charge in [-0.3, -0.25) is 4.79 Å². The second-order valence-corrected chi connectivity index (χ2v) is 8.30. The first-order valence-electron chi connectivity index (χ1n) is 8.27. The van der Waals surface area contributed by atoms with Crippen LogP contribution in [0.3, 0.4) is 0 Å². The van der Waals surface area contributed by atoms with Gasteiger partial charge in [0.1, 0.15) is 5.75 Å². The number of rotatable bonds is 5. The number of amides is 1. The summed E-state index contributed by atoms with van der Waals surface area (Å²) in [5.41, 5.74) is 2.24. The zero-order valence-corrected chi connectivity index (χ0v) is 17.8. The second-order valence-electron chi connectivity index (χ2n) is 6.09. The molecule has 1 atom stereocenters. The zero-order chi connectivity index (χ0) is 20.3. The number of hydrogen-bond acceptors (Lipinski definition) is 4. The van der Waals surface area contributed by atoms with Crippen LogP contribution in [0.1, 0.15) is 23.5 Å². The van der Waals surface area contributed by atoms with Crippen LogP contribution >= 0.6 is 46.6 Å². The molecule has 2 aromatic carbocycles. The van der Waals surface area contributed by atoms with Crippen molar-refractivity contribution < 1.29 is 9.53 Å². The van der Waals surface area contributed by atoms with E-state index in [1.807, 2.05) is 12.1 Å². The quantitative estimate of drug-likeness (QED) is 0.609. The predicted molar refractivity (Wildman–Crippen MR) is 114 cm³/mol. The molecule has 8 heteroatoms. The minimum atomic E-state index is -0.363. The van der Waals surface area contributed by atoms with Crippen LogP contribution in [-0.2, 0) is 10.5 Å². The number of thioether (sulfide) groups is 1. The SMILES string of the molecule is COc1ccc([C@H]2CC(=O)NC(SCc3ccc(Cl)c(Cl)c3)=C2C#N)cc1Cl. The van der Waals surface area contributed by atoms with Gasteiger partial charge in [-0.1, -0.05) is 46.9 Å². The number of carbonyl (C=O) groups is 1. The van der Waals surface area contributed by atoms with Gasteiger partial charge in [0.2, 0.25) is 5.91 Å². The third kappa shape index (κ3) is 4.59. The van der Waals surface area contributed by atoms with Gasteiger partial charge in [0.05, 0.1) is 38.8 Å². The average molecular weight is 454 g/mol. The van der Waals surface area contributed by atoms with Gasteiger partial charge in [0, 0.05) is 18.1 Å². The molecule has 1 N–H and O–H groups in total. The lowest BCUT2D eigenvalue weighted by atomic mass is 9.87. The Morgan fingerprint density at radius 1 is 1.18 bits per heavy atom. The van der Waals surface area contributed by atoms with E-state index in [9.17, 15) is 10.1 Å². The Kier molecular flexibility index (Phi) is 6.79. The Balaban J connectivity index is 1.89. The van der Waals surface area contributed by atoms with E-state index in [1.54, 1.807) is 24.3 Å². The molecule has 1 amide bonds. The summed E-state index contributed by atoms with van der Waals surface area (Å²) in [7, 11) is 1.54. The number of nitrogens with zero attached hydrogens (tertiary/aromatic N) is 1. The van der Waals surface area contributed by atoms with Gasteiger partial charge in [-0.05, 0) is 35.4 Å². The molecule has 0 radical (unpaired) electrons. The largest absolute Gasteiger partial charge is 0.495 e. The molecule has 0 spiro atoms. The van der Waals surface area contributed by atoms with Crippen molar-refractivity contribution in [3.63, 3.8) is 0 Å². The number of carbonyl (C=O) groups excluding carboxylic acids is 1. The van der Waals surface area contributed by atoms with E-state index in [0.717, 1.165) is 11.1 Å². The number of allylic oxidation sites excluding steroid dienone is 1. The number of nitriles is 1. The van der Waals surface area contributed by atoms with Crippen molar-refractivity contribution >= 4 is 52.5 Å². The van der Waals surface area contributed by atoms with E-state index in [0.29, 0.717) is 37.2 Å². The summed E-state index contributed by atoms with van der Waals surface area (Å²) in [5, 5.41) is 14.5. The number of nitrogens with one attached hydrogen (secondary N) is 1. The molecule has 0 aromatic heterocycles. The van der Waals surface area contributed by atoms with Gasteiger partial charge >= 0.3 is 0 Å². The molecule has 2 aromatic rings. The van der Waals surface area contributed by atoms with Crippen molar-refractivity contribution in [1.82, 2.24) is 5.32 Å². The van der Waals surface area contributed by atoms with Crippen LogP contribution in [0, 0.1) is 11.3 Å². The molecule has 1 aliphatic rings. The summed E-state index contributed by atoms with van der Waals surface area (Å²) >= 11 is 19.6. The molecule has 3 rings (SSSR count). The lowest BCUT2D eigenvalue weighted by molar-refractivity contribution is -0.120. The van der Waals surface area contributed by atoms with Crippen molar-refractivity contribution in [3.05, 3.63) is 73.2 Å². The summed E-state index contributed by atoms with van der Waals surface area (Å²) in [4.78, 5) is 12.3. The maximum Gasteiger partial charge on any atom is 0.225 e. The minimum Gasteiger partial charge on any atom is -0.495 e. The molecule has 1 heterocycles. The fraction of sp³-hybridized carbons (Fsp3) is 0.200. The summed E-state index contributed by atoms with van der Waals surface area (Å²) in [6.45, 7) is 0. The van der Waals surface area contributed by atoms with Crippen molar-refractivity contribution in [1.29, 1.82) is 5.26 Å². The van der Waals surface area contributed by atoms with Crippen LogP contribution in [0.5, 0.6) is 5.75 Å². The van der Waals surface area contributed by atoms with Gasteiger partial charge in [-0.15, -0.1) is 11.8 Å². The highest BCUT2D eigenvalue weighted by Crippen LogP contribution is 2.39. The fourth-order valence-corrected chi connectivity index (χ4v) is 4.51. The highest BCUT2D eigenvalue weighted by atomic mass is 35.5. The molecule has 0 fully saturated rings. The highest BCUT2D eigenvalue weighted by Gasteiger charge is 2.30. The Labute approximate surface area is 182 Å². The maximum atomic E-state index is 12.3. The third-order valence-corrected chi connectivity index (χ3v) is 6.42. The molecule has 28 heavy (non-hydrogen) atoms. The summed E-state index contributed by atoms with van der Waals surface area (Å²) in [5.74, 6) is 0.571. The van der Waals surface area contributed by atoms with Gasteiger partial charge in [0.25, 0.3) is 0 Å². The molecule has 144 valence electrons. The fourth-order valence-electron chi connectivity index (χ4n) is 2.90. The molecule has 4 nitrogen and oxygen atoms in total. The van der Waals surface area contributed by atoms with Crippen LogP contribution in [0.25, 0.3) is 0 Å². The molecule has 0 unspecified atom stereocenters. The molecular formula is C20H15Cl3N2O2S. The first kappa shape index (κ1) is 20.9. The normalized spacial score (nSPS) is 16.5. The number of halogens is 3. The minimum absolute atomic E-state index is 0.146. The Hall–Kier alpha value is -1.84. The Morgan fingerprint density at radius 2 is 1.96 bits per heavy atom. The van der Waals surface area contributed by atoms with Crippen molar-refractivity contribution in [2.75, 3.05) is 7.11 Å². The third-order valence-electron chi connectivity index (χ3n) is 4.30. The number of methoxy groups -OCH3 is 1. The highest BCUT2D eigenvalue weighted by molar-refractivity contribution is 8.02. The molecular weight excluding hydrogens is 439 g/mol. The van der Waals surface area contributed by atoms with E-state index in [2.05, 4.69) is 11.4 Å². The first-order valence-corrected chi connectivity index (χ1v) is 10.4. The summed E-state index contributed by atoms with van der Waals surface area (Å²) in [6, 6.07) is 12.9. The summed E-state index contributed by atoms with van der Waals surface area (Å²) in [6.07, 6.45) is 0.183. The lowest BCUT2D eigenvalue weighted by Crippen LogP contribution is -2.30. The number of ether oxygens (including phenoxy) is 1. The van der Waals surface area contributed by atoms with Crippen LogP contribution in [0.4, 0.5) is 0 Å². The van der Waals surface area contributed by atoms with Crippen molar-refractivity contribution in [3.8, 4) is 11.8 Å². The Morgan fingerprint density at radius 3 is 2.61 bits per heavy atom. The van der Waals surface area contributed by atoms with Crippen LogP contribution < -0.4 is 10.1 Å². The molecule has 0 bridgehead atoms. The number of hydrogen-bond donors (Lipinski definition) is 1. The van der Waals surface area contributed by atoms with Crippen molar-refractivity contribution in [2.45, 2.75) is 18.1 Å². The van der Waals surface area contributed by atoms with Crippen LogP contribution in [-0.4, -0.2) is 13.0 Å². The van der Waals surface area contributed by atoms with Gasteiger partial charge < -0.3 is 10.1 Å². The van der Waals surface area contributed by atoms with Crippen molar-refractivity contribution in [2.24, 2.45) is 0 Å². The molecule has 0 saturated heterocycles. The van der Waals surface area contributed by atoms with E-state index >= 15 is 0 Å².